The number of hydrogen-bond donors (Lipinski definition) is 0. The highest BCUT2D eigenvalue weighted by atomic mass is 32.1. The quantitative estimate of drug-likeness (QED) is 0.245. The maximum atomic E-state index is 14.8. The summed E-state index contributed by atoms with van der Waals surface area (Å²) in [6.07, 6.45) is 1.54. The van der Waals surface area contributed by atoms with Crippen LogP contribution in [0.25, 0.3) is 21.2 Å². The molecule has 2 nitrogen and oxygen atoms in total. The van der Waals surface area contributed by atoms with E-state index in [4.69, 9.17) is 0 Å². The maximum Gasteiger partial charge on any atom is 0.255 e. The number of nitrogens with zero attached hydrogens (tertiary/aromatic N) is 1. The average Bonchev–Trinajstić information content (AvgIpc) is 3.53. The predicted molar refractivity (Wildman–Crippen MR) is 146 cm³/mol. The van der Waals surface area contributed by atoms with Gasteiger partial charge in [0.2, 0.25) is 0 Å². The molecule has 0 saturated carbocycles. The molecule has 1 heterocycles. The van der Waals surface area contributed by atoms with E-state index in [9.17, 15) is 9.18 Å². The first-order valence-corrected chi connectivity index (χ1v) is 13.1. The summed E-state index contributed by atoms with van der Waals surface area (Å²) >= 11 is 1.69. The lowest BCUT2D eigenvalue weighted by atomic mass is 9.95. The van der Waals surface area contributed by atoms with Crippen LogP contribution in [0.4, 0.5) is 4.39 Å². The van der Waals surface area contributed by atoms with E-state index in [-0.39, 0.29) is 24.3 Å². The van der Waals surface area contributed by atoms with Gasteiger partial charge in [0.05, 0.1) is 5.56 Å². The second-order valence-corrected chi connectivity index (χ2v) is 10.8. The highest BCUT2D eigenvalue weighted by Crippen LogP contribution is 2.37. The molecule has 4 heteroatoms. The zero-order valence-corrected chi connectivity index (χ0v) is 20.9. The molecule has 1 aromatic heterocycles. The van der Waals surface area contributed by atoms with Crippen molar-refractivity contribution in [2.45, 2.75) is 32.4 Å². The van der Waals surface area contributed by atoms with Gasteiger partial charge in [-0.05, 0) is 59.9 Å². The van der Waals surface area contributed by atoms with Crippen LogP contribution in [0, 0.1) is 12.7 Å². The van der Waals surface area contributed by atoms with E-state index >= 15 is 0 Å². The summed E-state index contributed by atoms with van der Waals surface area (Å²) in [7, 11) is 0. The molecule has 0 aliphatic heterocycles. The van der Waals surface area contributed by atoms with Crippen molar-refractivity contribution in [2.75, 3.05) is 0 Å². The fraction of sp³-hybridized carbons (Fsp3) is 0.156. The fourth-order valence-electron chi connectivity index (χ4n) is 5.36. The van der Waals surface area contributed by atoms with Crippen LogP contribution in [0.1, 0.15) is 31.9 Å². The van der Waals surface area contributed by atoms with Crippen molar-refractivity contribution in [1.29, 1.82) is 0 Å². The topological polar surface area (TPSA) is 20.3 Å². The molecule has 4 aromatic carbocycles. The van der Waals surface area contributed by atoms with Gasteiger partial charge in [-0.2, -0.15) is 0 Å². The largest absolute Gasteiger partial charge is 0.331 e. The van der Waals surface area contributed by atoms with E-state index in [0.717, 1.165) is 34.1 Å². The number of aryl methyl sites for hydroxylation is 1. The highest BCUT2D eigenvalue weighted by Gasteiger charge is 2.33. The predicted octanol–water partition coefficient (Wildman–Crippen LogP) is 7.83. The van der Waals surface area contributed by atoms with Crippen molar-refractivity contribution in [3.05, 3.63) is 130 Å². The van der Waals surface area contributed by atoms with Crippen LogP contribution in [0.2, 0.25) is 0 Å². The first kappa shape index (κ1) is 22.7. The number of carbonyl (C=O) groups excluding carboxylic acids is 1. The van der Waals surface area contributed by atoms with Gasteiger partial charge in [-0.1, -0.05) is 78.9 Å². The number of thiophene rings is 1. The lowest BCUT2D eigenvalue weighted by Gasteiger charge is -2.31. The Bertz CT molecular complexity index is 1560. The Kier molecular flexibility index (Phi) is 5.90. The van der Waals surface area contributed by atoms with E-state index in [0.29, 0.717) is 11.1 Å². The van der Waals surface area contributed by atoms with Gasteiger partial charge in [0.15, 0.2) is 0 Å². The zero-order valence-electron chi connectivity index (χ0n) is 20.1. The minimum absolute atomic E-state index is 0.0357. The van der Waals surface area contributed by atoms with E-state index in [1.165, 1.54) is 22.1 Å². The number of fused-ring (bicyclic) bond motifs is 2. The van der Waals surface area contributed by atoms with Gasteiger partial charge in [0, 0.05) is 33.5 Å². The van der Waals surface area contributed by atoms with Crippen LogP contribution in [0.15, 0.2) is 97.1 Å². The van der Waals surface area contributed by atoms with Crippen LogP contribution in [-0.4, -0.2) is 16.8 Å². The Morgan fingerprint density at radius 3 is 2.28 bits per heavy atom. The molecule has 5 aromatic rings. The minimum atomic E-state index is -0.280. The second-order valence-electron chi connectivity index (χ2n) is 9.47. The van der Waals surface area contributed by atoms with E-state index in [1.54, 1.807) is 23.5 Å². The molecule has 0 radical (unpaired) electrons. The monoisotopic (exact) mass is 491 g/mol. The second kappa shape index (κ2) is 9.36. The third-order valence-corrected chi connectivity index (χ3v) is 8.21. The smallest absolute Gasteiger partial charge is 0.255 e. The molecule has 6 rings (SSSR count). The van der Waals surface area contributed by atoms with Crippen LogP contribution in [0.3, 0.4) is 0 Å². The number of carbonyl (C=O) groups is 1. The van der Waals surface area contributed by atoms with Crippen molar-refractivity contribution < 1.29 is 9.18 Å². The van der Waals surface area contributed by atoms with Crippen molar-refractivity contribution in [3.8, 4) is 10.4 Å². The van der Waals surface area contributed by atoms with Gasteiger partial charge in [0.25, 0.3) is 5.91 Å². The molecule has 178 valence electrons. The Morgan fingerprint density at radius 1 is 0.861 bits per heavy atom. The summed E-state index contributed by atoms with van der Waals surface area (Å²) in [5.74, 6) is -0.327. The Morgan fingerprint density at radius 2 is 1.56 bits per heavy atom. The molecule has 0 N–H and O–H groups in total. The maximum absolute atomic E-state index is 14.8. The lowest BCUT2D eigenvalue weighted by Crippen LogP contribution is -2.41. The summed E-state index contributed by atoms with van der Waals surface area (Å²) < 4.78 is 14.8. The number of hydrogen-bond acceptors (Lipinski definition) is 2. The Labute approximate surface area is 214 Å². The number of halogens is 1. The number of amides is 1. The van der Waals surface area contributed by atoms with Crippen molar-refractivity contribution in [2.24, 2.45) is 0 Å². The molecule has 1 amide bonds. The summed E-state index contributed by atoms with van der Waals surface area (Å²) in [6.45, 7) is 2.31. The van der Waals surface area contributed by atoms with Gasteiger partial charge < -0.3 is 4.90 Å². The van der Waals surface area contributed by atoms with Crippen LogP contribution < -0.4 is 0 Å². The van der Waals surface area contributed by atoms with Gasteiger partial charge in [-0.15, -0.1) is 11.3 Å². The normalized spacial score (nSPS) is 13.2. The average molecular weight is 492 g/mol. The molecule has 1 aliphatic carbocycles. The number of rotatable bonds is 5. The third kappa shape index (κ3) is 4.12. The van der Waals surface area contributed by atoms with Crippen molar-refractivity contribution >= 4 is 28.0 Å². The van der Waals surface area contributed by atoms with Gasteiger partial charge in [0.1, 0.15) is 5.82 Å². The molecule has 0 spiro atoms. The summed E-state index contributed by atoms with van der Waals surface area (Å²) in [5.41, 5.74) is 4.70. The summed E-state index contributed by atoms with van der Waals surface area (Å²) in [5, 5.41) is 1.96. The molecular weight excluding hydrogens is 465 g/mol. The van der Waals surface area contributed by atoms with Crippen molar-refractivity contribution in [1.82, 2.24) is 4.90 Å². The zero-order chi connectivity index (χ0) is 24.6. The molecule has 1 aliphatic rings. The lowest BCUT2D eigenvalue weighted by molar-refractivity contribution is 0.0668. The highest BCUT2D eigenvalue weighted by molar-refractivity contribution is 7.15. The van der Waals surface area contributed by atoms with Crippen LogP contribution in [0.5, 0.6) is 0 Å². The first-order valence-electron chi connectivity index (χ1n) is 12.3. The van der Waals surface area contributed by atoms with E-state index in [1.807, 2.05) is 47.4 Å². The molecule has 0 atom stereocenters. The Hall–Kier alpha value is -3.76. The third-order valence-electron chi connectivity index (χ3n) is 7.18. The van der Waals surface area contributed by atoms with Gasteiger partial charge in [-0.3, -0.25) is 4.79 Å². The van der Waals surface area contributed by atoms with Gasteiger partial charge in [-0.25, -0.2) is 4.39 Å². The van der Waals surface area contributed by atoms with E-state index < -0.39 is 0 Å². The molecule has 0 fully saturated rings. The molecule has 0 saturated heterocycles. The minimum Gasteiger partial charge on any atom is -0.331 e. The molecule has 36 heavy (non-hydrogen) atoms. The molecule has 0 bridgehead atoms. The first-order chi connectivity index (χ1) is 17.6. The fourth-order valence-corrected chi connectivity index (χ4v) is 6.26. The van der Waals surface area contributed by atoms with Crippen LogP contribution >= 0.6 is 11.3 Å². The Balaban J connectivity index is 1.50. The standard InChI is InChI=1S/C32H26FNOS/c1-21-14-17-30(36-21)28-16-15-22-8-4-6-12-27(22)31(28)32(35)34(20-25-11-5-7-13-29(25)33)26-18-23-9-2-3-10-24(23)19-26/h2-17,26H,18-20H2,1H3. The SMILES string of the molecule is Cc1ccc(-c2ccc3ccccc3c2C(=O)N(Cc2ccccc2F)C2Cc3ccccc3C2)s1. The molecule has 0 unspecified atom stereocenters. The molecular formula is C32H26FNOS. The summed E-state index contributed by atoms with van der Waals surface area (Å²) in [6, 6.07) is 31.5. The van der Waals surface area contributed by atoms with E-state index in [2.05, 4.69) is 43.3 Å². The van der Waals surface area contributed by atoms with Crippen molar-refractivity contribution in [3.63, 3.8) is 0 Å². The van der Waals surface area contributed by atoms with Crippen LogP contribution in [-0.2, 0) is 19.4 Å². The number of benzene rings is 4. The summed E-state index contributed by atoms with van der Waals surface area (Å²) in [4.78, 5) is 18.8. The van der Waals surface area contributed by atoms with Gasteiger partial charge >= 0.3 is 0 Å².